The van der Waals surface area contributed by atoms with Gasteiger partial charge in [-0.05, 0) is 23.7 Å². The van der Waals surface area contributed by atoms with Crippen LogP contribution in [0, 0.1) is 0 Å². The number of anilines is 1. The monoisotopic (exact) mass is 333 g/mol. The van der Waals surface area contributed by atoms with Crippen LogP contribution in [0.25, 0.3) is 0 Å². The van der Waals surface area contributed by atoms with Crippen LogP contribution in [0.1, 0.15) is 10.5 Å². The Morgan fingerprint density at radius 1 is 1.45 bits per heavy atom. The molecular formula is C10H8ClN3O4S2. The lowest BCUT2D eigenvalue weighted by Gasteiger charge is -2.09. The Kier molecular flexibility index (Phi) is 4.21. The maximum atomic E-state index is 11.8. The fraction of sp³-hybridized carbons (Fsp3) is 0.100. The number of ether oxygens (including phenoxy) is 1. The lowest BCUT2D eigenvalue weighted by molar-refractivity contribution is 0.102. The molecule has 2 rings (SSSR count). The fourth-order valence-corrected chi connectivity index (χ4v) is 2.84. The number of halogens is 1. The molecule has 10 heteroatoms. The van der Waals surface area contributed by atoms with Crippen LogP contribution in [0.2, 0.25) is 0 Å². The van der Waals surface area contributed by atoms with Crippen LogP contribution >= 0.6 is 22.2 Å². The van der Waals surface area contributed by atoms with E-state index in [1.54, 1.807) is 0 Å². The first-order valence-electron chi connectivity index (χ1n) is 5.13. The summed E-state index contributed by atoms with van der Waals surface area (Å²) in [4.78, 5) is 11.6. The van der Waals surface area contributed by atoms with Gasteiger partial charge in [-0.25, -0.2) is 8.42 Å². The van der Waals surface area contributed by atoms with Gasteiger partial charge in [0.2, 0.25) is 0 Å². The Morgan fingerprint density at radius 3 is 2.75 bits per heavy atom. The normalized spacial score (nSPS) is 11.1. The summed E-state index contributed by atoms with van der Waals surface area (Å²) < 4.78 is 31.1. The molecule has 1 aromatic heterocycles. The molecule has 7 nitrogen and oxygen atoms in total. The minimum Gasteiger partial charge on any atom is -0.495 e. The Morgan fingerprint density at radius 2 is 2.20 bits per heavy atom. The average molecular weight is 334 g/mol. The molecule has 1 N–H and O–H groups in total. The molecule has 1 aromatic carbocycles. The third-order valence-corrected chi connectivity index (χ3v) is 4.14. The van der Waals surface area contributed by atoms with E-state index in [1.807, 2.05) is 0 Å². The Bertz CT molecular complexity index is 731. The van der Waals surface area contributed by atoms with Gasteiger partial charge in [-0.2, -0.15) is 0 Å². The predicted octanol–water partition coefficient (Wildman–Crippen LogP) is 1.73. The van der Waals surface area contributed by atoms with Crippen LogP contribution in [0.3, 0.4) is 0 Å². The number of nitrogens with one attached hydrogen (secondary N) is 1. The molecule has 0 saturated carbocycles. The minimum absolute atomic E-state index is 0.0363. The van der Waals surface area contributed by atoms with Crippen molar-refractivity contribution in [3.8, 4) is 5.75 Å². The number of aromatic nitrogens is 2. The van der Waals surface area contributed by atoms with E-state index >= 15 is 0 Å². The standard InChI is InChI=1S/C10H8ClN3O4S2/c1-18-8-4-6(2-3-9(8)20(11,16)17)12-10(15)7-5-19-14-13-7/h2-5H,1H3,(H,12,15). The van der Waals surface area contributed by atoms with Crippen LogP contribution in [-0.2, 0) is 9.05 Å². The van der Waals surface area contributed by atoms with Crippen molar-refractivity contribution in [2.45, 2.75) is 4.90 Å². The summed E-state index contributed by atoms with van der Waals surface area (Å²) in [6.07, 6.45) is 0. The SMILES string of the molecule is COc1cc(NC(=O)c2csnn2)ccc1S(=O)(=O)Cl. The van der Waals surface area contributed by atoms with E-state index in [9.17, 15) is 13.2 Å². The fourth-order valence-electron chi connectivity index (χ4n) is 1.41. The van der Waals surface area contributed by atoms with E-state index in [1.165, 1.54) is 30.7 Å². The molecule has 106 valence electrons. The number of rotatable bonds is 4. The van der Waals surface area contributed by atoms with Crippen molar-refractivity contribution >= 4 is 42.9 Å². The summed E-state index contributed by atoms with van der Waals surface area (Å²) in [5, 5.41) is 7.66. The number of benzene rings is 1. The van der Waals surface area contributed by atoms with E-state index in [4.69, 9.17) is 15.4 Å². The van der Waals surface area contributed by atoms with Gasteiger partial charge in [0, 0.05) is 27.8 Å². The summed E-state index contributed by atoms with van der Waals surface area (Å²) in [5.74, 6) is -0.420. The molecule has 0 aliphatic carbocycles. The number of carbonyl (C=O) groups excluding carboxylic acids is 1. The van der Waals surface area contributed by atoms with Gasteiger partial charge >= 0.3 is 0 Å². The van der Waals surface area contributed by atoms with Crippen LogP contribution in [-0.4, -0.2) is 31.0 Å². The van der Waals surface area contributed by atoms with E-state index in [-0.39, 0.29) is 16.3 Å². The van der Waals surface area contributed by atoms with Crippen molar-refractivity contribution in [1.29, 1.82) is 0 Å². The number of carbonyl (C=O) groups is 1. The van der Waals surface area contributed by atoms with E-state index in [2.05, 4.69) is 14.9 Å². The number of hydrogen-bond donors (Lipinski definition) is 1. The molecular weight excluding hydrogens is 326 g/mol. The quantitative estimate of drug-likeness (QED) is 0.855. The zero-order valence-electron chi connectivity index (χ0n) is 10.0. The lowest BCUT2D eigenvalue weighted by Crippen LogP contribution is -2.12. The molecule has 0 radical (unpaired) electrons. The van der Waals surface area contributed by atoms with Gasteiger partial charge in [0.15, 0.2) is 5.69 Å². The summed E-state index contributed by atoms with van der Waals surface area (Å²) in [6, 6.07) is 4.00. The highest BCUT2D eigenvalue weighted by molar-refractivity contribution is 8.13. The van der Waals surface area contributed by atoms with Crippen LogP contribution in [0.15, 0.2) is 28.5 Å². The first-order chi connectivity index (χ1) is 9.41. The second kappa shape index (κ2) is 5.73. The Hall–Kier alpha value is -1.71. The topological polar surface area (TPSA) is 98.2 Å². The number of amides is 1. The van der Waals surface area contributed by atoms with Gasteiger partial charge in [-0.1, -0.05) is 4.49 Å². The van der Waals surface area contributed by atoms with Crippen molar-refractivity contribution in [3.63, 3.8) is 0 Å². The average Bonchev–Trinajstić information content (AvgIpc) is 2.91. The Balaban J connectivity index is 2.29. The van der Waals surface area contributed by atoms with E-state index in [0.29, 0.717) is 5.69 Å². The first-order valence-corrected chi connectivity index (χ1v) is 8.27. The molecule has 0 spiro atoms. The van der Waals surface area contributed by atoms with Crippen molar-refractivity contribution < 1.29 is 17.9 Å². The number of methoxy groups -OCH3 is 1. The molecule has 0 fully saturated rings. The molecule has 0 bridgehead atoms. The van der Waals surface area contributed by atoms with Crippen LogP contribution < -0.4 is 10.1 Å². The maximum Gasteiger partial charge on any atom is 0.277 e. The lowest BCUT2D eigenvalue weighted by atomic mass is 10.3. The molecule has 0 atom stereocenters. The van der Waals surface area contributed by atoms with Crippen molar-refractivity contribution in [1.82, 2.24) is 9.59 Å². The van der Waals surface area contributed by atoms with E-state index < -0.39 is 15.0 Å². The van der Waals surface area contributed by atoms with Crippen molar-refractivity contribution in [2.24, 2.45) is 0 Å². The Labute approximate surface area is 123 Å². The molecule has 0 unspecified atom stereocenters. The molecule has 1 amide bonds. The highest BCUT2D eigenvalue weighted by Crippen LogP contribution is 2.29. The molecule has 0 aliphatic rings. The zero-order chi connectivity index (χ0) is 14.8. The highest BCUT2D eigenvalue weighted by atomic mass is 35.7. The second-order valence-electron chi connectivity index (χ2n) is 3.55. The maximum absolute atomic E-state index is 11.8. The van der Waals surface area contributed by atoms with Crippen molar-refractivity contribution in [2.75, 3.05) is 12.4 Å². The first kappa shape index (κ1) is 14.7. The van der Waals surface area contributed by atoms with Crippen molar-refractivity contribution in [3.05, 3.63) is 29.3 Å². The highest BCUT2D eigenvalue weighted by Gasteiger charge is 2.18. The van der Waals surface area contributed by atoms with Gasteiger partial charge in [0.25, 0.3) is 15.0 Å². The predicted molar refractivity (Wildman–Crippen MR) is 73.9 cm³/mol. The van der Waals surface area contributed by atoms with Gasteiger partial charge in [0.05, 0.1) is 7.11 Å². The van der Waals surface area contributed by atoms with Gasteiger partial charge < -0.3 is 10.1 Å². The van der Waals surface area contributed by atoms with Gasteiger partial charge in [0.1, 0.15) is 10.6 Å². The largest absolute Gasteiger partial charge is 0.495 e. The second-order valence-corrected chi connectivity index (χ2v) is 6.69. The number of hydrogen-bond acceptors (Lipinski definition) is 7. The summed E-state index contributed by atoms with van der Waals surface area (Å²) in [7, 11) is 2.65. The van der Waals surface area contributed by atoms with Crippen LogP contribution in [0.4, 0.5) is 5.69 Å². The van der Waals surface area contributed by atoms with Gasteiger partial charge in [-0.3, -0.25) is 4.79 Å². The van der Waals surface area contributed by atoms with Gasteiger partial charge in [-0.15, -0.1) is 5.10 Å². The summed E-state index contributed by atoms with van der Waals surface area (Å²) in [5.41, 5.74) is 0.520. The number of nitrogens with zero attached hydrogens (tertiary/aromatic N) is 2. The third-order valence-electron chi connectivity index (χ3n) is 2.28. The molecule has 20 heavy (non-hydrogen) atoms. The smallest absolute Gasteiger partial charge is 0.277 e. The summed E-state index contributed by atoms with van der Waals surface area (Å²) >= 11 is 1.05. The minimum atomic E-state index is -3.92. The molecule has 2 aromatic rings. The zero-order valence-corrected chi connectivity index (χ0v) is 12.4. The van der Waals surface area contributed by atoms with E-state index in [0.717, 1.165) is 11.5 Å². The third kappa shape index (κ3) is 3.24. The molecule has 0 aliphatic heterocycles. The molecule has 0 saturated heterocycles. The summed E-state index contributed by atoms with van der Waals surface area (Å²) in [6.45, 7) is 0. The van der Waals surface area contributed by atoms with Crippen LogP contribution in [0.5, 0.6) is 5.75 Å². The molecule has 1 heterocycles.